The SMILES string of the molecule is [K+].[K+].[K+].[O-]P([O-])[O-].c1ccc(-c2ccccc2)cc1. The van der Waals surface area contributed by atoms with E-state index in [2.05, 4.69) is 48.5 Å². The van der Waals surface area contributed by atoms with Crippen LogP contribution in [-0.2, 0) is 0 Å². The van der Waals surface area contributed by atoms with Gasteiger partial charge in [0.1, 0.15) is 0 Å². The Labute approximate surface area is 242 Å². The molecule has 0 heterocycles. The summed E-state index contributed by atoms with van der Waals surface area (Å²) in [4.78, 5) is 25.4. The summed E-state index contributed by atoms with van der Waals surface area (Å²) in [5.74, 6) is 0. The smallest absolute Gasteiger partial charge is 0.854 e. The summed E-state index contributed by atoms with van der Waals surface area (Å²) >= 11 is 0. The molecule has 0 aliphatic carbocycles. The molecule has 0 amide bonds. The summed E-state index contributed by atoms with van der Waals surface area (Å²) in [6.07, 6.45) is 0. The summed E-state index contributed by atoms with van der Waals surface area (Å²) in [5, 5.41) is 0. The molecule has 0 N–H and O–H groups in total. The molecule has 19 heavy (non-hydrogen) atoms. The Balaban J connectivity index is -0.000000329. The van der Waals surface area contributed by atoms with Crippen LogP contribution in [0.2, 0.25) is 0 Å². The third-order valence-electron chi connectivity index (χ3n) is 1.88. The van der Waals surface area contributed by atoms with Gasteiger partial charge in [0.05, 0.1) is 0 Å². The Hall–Kier alpha value is 3.66. The van der Waals surface area contributed by atoms with E-state index in [1.165, 1.54) is 11.1 Å². The second-order valence-corrected chi connectivity index (χ2v) is 3.40. The van der Waals surface area contributed by atoms with Crippen LogP contribution >= 0.6 is 8.60 Å². The van der Waals surface area contributed by atoms with Gasteiger partial charge in [-0.2, -0.15) is 0 Å². The molecule has 2 aromatic rings. The number of benzene rings is 2. The molecule has 0 radical (unpaired) electrons. The first kappa shape index (κ1) is 27.5. The first-order valence-electron chi connectivity index (χ1n) is 4.62. The molecule has 84 valence electrons. The van der Waals surface area contributed by atoms with Crippen molar-refractivity contribution >= 4 is 8.60 Å². The Morgan fingerprint density at radius 3 is 0.947 bits per heavy atom. The van der Waals surface area contributed by atoms with Gasteiger partial charge in [-0.05, 0) is 11.1 Å². The van der Waals surface area contributed by atoms with E-state index < -0.39 is 8.60 Å². The maximum absolute atomic E-state index is 8.48. The number of rotatable bonds is 1. The molecule has 2 rings (SSSR count). The van der Waals surface area contributed by atoms with E-state index in [0.29, 0.717) is 0 Å². The van der Waals surface area contributed by atoms with Crippen LogP contribution in [0, 0.1) is 0 Å². The summed E-state index contributed by atoms with van der Waals surface area (Å²) < 4.78 is 0. The quantitative estimate of drug-likeness (QED) is 0.379. The number of hydrogen-bond donors (Lipinski definition) is 0. The van der Waals surface area contributed by atoms with E-state index in [1.54, 1.807) is 0 Å². The Morgan fingerprint density at radius 2 is 0.737 bits per heavy atom. The zero-order valence-corrected chi connectivity index (χ0v) is 21.7. The predicted molar refractivity (Wildman–Crippen MR) is 58.8 cm³/mol. The second kappa shape index (κ2) is 18.0. The number of hydrogen-bond acceptors (Lipinski definition) is 3. The zero-order valence-electron chi connectivity index (χ0n) is 11.4. The third-order valence-corrected chi connectivity index (χ3v) is 1.88. The molecule has 0 aromatic heterocycles. The van der Waals surface area contributed by atoms with Crippen molar-refractivity contribution in [3.8, 4) is 11.1 Å². The molecule has 7 heteroatoms. The molecule has 0 atom stereocenters. The van der Waals surface area contributed by atoms with Crippen molar-refractivity contribution in [2.45, 2.75) is 0 Å². The van der Waals surface area contributed by atoms with E-state index in [1.807, 2.05) is 12.1 Å². The third kappa shape index (κ3) is 15.0. The van der Waals surface area contributed by atoms with Gasteiger partial charge in [-0.15, -0.1) is 0 Å². The maximum Gasteiger partial charge on any atom is 1.00 e. The molecule has 0 bridgehead atoms. The van der Waals surface area contributed by atoms with Crippen LogP contribution in [0.15, 0.2) is 60.7 Å². The molecule has 0 saturated carbocycles. The first-order chi connectivity index (χ1) is 7.70. The molecule has 0 unspecified atom stereocenters. The standard InChI is InChI=1S/C12H10.3K.O3P/c1-3-7-11(8-4-1)12-9-5-2-6-10-12;;;;1-4(2)3/h1-10H;;;;/q;3*+1;-3. The van der Waals surface area contributed by atoms with Gasteiger partial charge in [0.15, 0.2) is 0 Å². The van der Waals surface area contributed by atoms with Crippen LogP contribution < -0.4 is 169 Å². The molecule has 0 aliphatic rings. The van der Waals surface area contributed by atoms with E-state index in [4.69, 9.17) is 14.7 Å². The van der Waals surface area contributed by atoms with E-state index in [-0.39, 0.29) is 154 Å². The fourth-order valence-corrected chi connectivity index (χ4v) is 1.26. The Morgan fingerprint density at radius 1 is 0.526 bits per heavy atom. The molecule has 0 spiro atoms. The minimum absolute atomic E-state index is 0. The van der Waals surface area contributed by atoms with Crippen molar-refractivity contribution in [1.29, 1.82) is 0 Å². The summed E-state index contributed by atoms with van der Waals surface area (Å²) in [5.41, 5.74) is 2.55. The van der Waals surface area contributed by atoms with Gasteiger partial charge in [-0.1, -0.05) is 60.7 Å². The predicted octanol–water partition coefficient (Wildman–Crippen LogP) is -8.34. The average molecular weight is 350 g/mol. The summed E-state index contributed by atoms with van der Waals surface area (Å²) in [7, 11) is -3.37. The van der Waals surface area contributed by atoms with Crippen molar-refractivity contribution in [3.05, 3.63) is 60.7 Å². The molecular formula is C12H10K3O3P. The van der Waals surface area contributed by atoms with E-state index in [0.717, 1.165) is 0 Å². The fourth-order valence-electron chi connectivity index (χ4n) is 1.26. The van der Waals surface area contributed by atoms with Crippen molar-refractivity contribution in [2.24, 2.45) is 0 Å². The molecular weight excluding hydrogens is 340 g/mol. The molecule has 3 nitrogen and oxygen atoms in total. The largest absolute Gasteiger partial charge is 1.00 e. The van der Waals surface area contributed by atoms with Gasteiger partial charge in [0, 0.05) is 0 Å². The van der Waals surface area contributed by atoms with Crippen LogP contribution in [0.25, 0.3) is 11.1 Å². The van der Waals surface area contributed by atoms with E-state index in [9.17, 15) is 0 Å². The van der Waals surface area contributed by atoms with Gasteiger partial charge >= 0.3 is 154 Å². The van der Waals surface area contributed by atoms with Gasteiger partial charge in [0.2, 0.25) is 0 Å². The van der Waals surface area contributed by atoms with E-state index >= 15 is 0 Å². The minimum atomic E-state index is -3.37. The van der Waals surface area contributed by atoms with Crippen molar-refractivity contribution in [1.82, 2.24) is 0 Å². The van der Waals surface area contributed by atoms with Crippen LogP contribution in [0.4, 0.5) is 0 Å². The molecule has 0 aliphatic heterocycles. The van der Waals surface area contributed by atoms with Crippen molar-refractivity contribution in [2.75, 3.05) is 0 Å². The van der Waals surface area contributed by atoms with Crippen LogP contribution in [0.3, 0.4) is 0 Å². The average Bonchev–Trinajstić information content (AvgIpc) is 2.31. The second-order valence-electron chi connectivity index (χ2n) is 2.96. The normalized spacial score (nSPS) is 8.00. The van der Waals surface area contributed by atoms with Gasteiger partial charge < -0.3 is 23.3 Å². The van der Waals surface area contributed by atoms with Gasteiger partial charge in [-0.3, -0.25) is 0 Å². The van der Waals surface area contributed by atoms with Crippen molar-refractivity contribution in [3.63, 3.8) is 0 Å². The maximum atomic E-state index is 8.48. The monoisotopic (exact) mass is 350 g/mol. The zero-order chi connectivity index (χ0) is 11.8. The first-order valence-corrected chi connectivity index (χ1v) is 5.71. The van der Waals surface area contributed by atoms with Crippen molar-refractivity contribution < 1.29 is 169 Å². The minimum Gasteiger partial charge on any atom is -0.854 e. The summed E-state index contributed by atoms with van der Waals surface area (Å²) in [6, 6.07) is 20.8. The Bertz CT molecular complexity index is 361. The topological polar surface area (TPSA) is 69.2 Å². The van der Waals surface area contributed by atoms with Crippen LogP contribution in [0.5, 0.6) is 0 Å². The molecule has 0 fully saturated rings. The van der Waals surface area contributed by atoms with Crippen LogP contribution in [0.1, 0.15) is 0 Å². The molecule has 0 saturated heterocycles. The fraction of sp³-hybridized carbons (Fsp3) is 0. The van der Waals surface area contributed by atoms with Gasteiger partial charge in [0.25, 0.3) is 0 Å². The Kier molecular flexibility index (Phi) is 26.1. The molecule has 2 aromatic carbocycles. The summed E-state index contributed by atoms with van der Waals surface area (Å²) in [6.45, 7) is 0. The van der Waals surface area contributed by atoms with Gasteiger partial charge in [-0.25, -0.2) is 0 Å². The van der Waals surface area contributed by atoms with Crippen LogP contribution in [-0.4, -0.2) is 0 Å².